The van der Waals surface area contributed by atoms with Crippen molar-refractivity contribution in [3.63, 3.8) is 0 Å². The van der Waals surface area contributed by atoms with Gasteiger partial charge in [-0.25, -0.2) is 0 Å². The zero-order valence-electron chi connectivity index (χ0n) is 16.7. The number of carbonyl (C=O) groups is 1. The molecule has 0 fully saturated rings. The Kier molecular flexibility index (Phi) is 4.95. The van der Waals surface area contributed by atoms with Crippen molar-refractivity contribution in [2.24, 2.45) is 5.92 Å². The SMILES string of the molecule is Cc1ccccc1C(=O)Nc1ccc2c(c1)C1C=CCC1C(c1ccc(Br)cc1)N2. The van der Waals surface area contributed by atoms with Gasteiger partial charge in [0.25, 0.3) is 5.91 Å². The van der Waals surface area contributed by atoms with Gasteiger partial charge in [0.15, 0.2) is 0 Å². The topological polar surface area (TPSA) is 41.1 Å². The van der Waals surface area contributed by atoms with E-state index >= 15 is 0 Å². The van der Waals surface area contributed by atoms with Crippen molar-refractivity contribution in [2.75, 3.05) is 10.6 Å². The summed E-state index contributed by atoms with van der Waals surface area (Å²) in [6.45, 7) is 1.96. The zero-order chi connectivity index (χ0) is 20.7. The lowest BCUT2D eigenvalue weighted by molar-refractivity contribution is 0.102. The largest absolute Gasteiger partial charge is 0.378 e. The van der Waals surface area contributed by atoms with Crippen LogP contribution in [-0.2, 0) is 0 Å². The normalized spacial score (nSPS) is 21.5. The minimum absolute atomic E-state index is 0.0666. The Bertz CT molecular complexity index is 1140. The molecule has 30 heavy (non-hydrogen) atoms. The summed E-state index contributed by atoms with van der Waals surface area (Å²) < 4.78 is 1.09. The maximum atomic E-state index is 12.8. The lowest BCUT2D eigenvalue weighted by Crippen LogP contribution is -2.29. The van der Waals surface area contributed by atoms with Crippen LogP contribution in [0.25, 0.3) is 0 Å². The van der Waals surface area contributed by atoms with Crippen LogP contribution in [0.3, 0.4) is 0 Å². The summed E-state index contributed by atoms with van der Waals surface area (Å²) in [5.74, 6) is 0.759. The van der Waals surface area contributed by atoms with E-state index in [0.29, 0.717) is 17.4 Å². The molecule has 4 heteroatoms. The summed E-state index contributed by atoms with van der Waals surface area (Å²) in [4.78, 5) is 12.8. The molecule has 3 atom stereocenters. The minimum Gasteiger partial charge on any atom is -0.378 e. The Morgan fingerprint density at radius 1 is 1.07 bits per heavy atom. The van der Waals surface area contributed by atoms with Gasteiger partial charge in [0.1, 0.15) is 0 Å². The molecule has 0 saturated carbocycles. The summed E-state index contributed by atoms with van der Waals surface area (Å²) in [6, 6.07) is 22.8. The summed E-state index contributed by atoms with van der Waals surface area (Å²) >= 11 is 3.53. The average Bonchev–Trinajstić information content (AvgIpc) is 3.24. The first kappa shape index (κ1) is 19.1. The predicted octanol–water partition coefficient (Wildman–Crippen LogP) is 6.84. The van der Waals surface area contributed by atoms with Gasteiger partial charge in [-0.15, -0.1) is 0 Å². The number of aryl methyl sites for hydroxylation is 1. The van der Waals surface area contributed by atoms with E-state index in [1.54, 1.807) is 0 Å². The maximum Gasteiger partial charge on any atom is 0.255 e. The summed E-state index contributed by atoms with van der Waals surface area (Å²) in [5.41, 5.74) is 6.23. The van der Waals surface area contributed by atoms with Crippen molar-refractivity contribution in [1.82, 2.24) is 0 Å². The lowest BCUT2D eigenvalue weighted by Gasteiger charge is -2.37. The second-order valence-electron chi connectivity index (χ2n) is 8.10. The van der Waals surface area contributed by atoms with Crippen molar-refractivity contribution >= 4 is 33.2 Å². The van der Waals surface area contributed by atoms with Gasteiger partial charge >= 0.3 is 0 Å². The van der Waals surface area contributed by atoms with Crippen molar-refractivity contribution in [3.05, 3.63) is 106 Å². The first-order valence-electron chi connectivity index (χ1n) is 10.3. The van der Waals surface area contributed by atoms with E-state index in [9.17, 15) is 4.79 Å². The molecule has 1 aliphatic heterocycles. The molecule has 0 saturated heterocycles. The van der Waals surface area contributed by atoms with E-state index < -0.39 is 0 Å². The number of benzene rings is 3. The fourth-order valence-electron chi connectivity index (χ4n) is 4.70. The molecule has 1 aliphatic carbocycles. The van der Waals surface area contributed by atoms with Crippen molar-refractivity contribution in [1.29, 1.82) is 0 Å². The molecular formula is C26H23BrN2O. The van der Waals surface area contributed by atoms with Crippen molar-refractivity contribution in [3.8, 4) is 0 Å². The Balaban J connectivity index is 1.44. The monoisotopic (exact) mass is 458 g/mol. The van der Waals surface area contributed by atoms with Gasteiger partial charge in [-0.3, -0.25) is 4.79 Å². The smallest absolute Gasteiger partial charge is 0.255 e. The first-order chi connectivity index (χ1) is 14.6. The summed E-state index contributed by atoms with van der Waals surface area (Å²) in [7, 11) is 0. The predicted molar refractivity (Wildman–Crippen MR) is 126 cm³/mol. The Morgan fingerprint density at radius 2 is 1.87 bits per heavy atom. The highest BCUT2D eigenvalue weighted by molar-refractivity contribution is 9.10. The van der Waals surface area contributed by atoms with Crippen LogP contribution in [0, 0.1) is 12.8 Å². The molecule has 5 rings (SSSR count). The lowest BCUT2D eigenvalue weighted by atomic mass is 9.77. The van der Waals surface area contributed by atoms with Crippen LogP contribution in [-0.4, -0.2) is 5.91 Å². The van der Waals surface area contributed by atoms with Gasteiger partial charge in [-0.2, -0.15) is 0 Å². The van der Waals surface area contributed by atoms with Gasteiger partial charge in [-0.1, -0.05) is 58.4 Å². The number of halogens is 1. The molecule has 3 unspecified atom stereocenters. The number of rotatable bonds is 3. The third-order valence-electron chi connectivity index (χ3n) is 6.24. The van der Waals surface area contributed by atoms with Gasteiger partial charge < -0.3 is 10.6 Å². The van der Waals surface area contributed by atoms with Crippen molar-refractivity contribution in [2.45, 2.75) is 25.3 Å². The number of amides is 1. The molecule has 0 spiro atoms. The molecule has 2 N–H and O–H groups in total. The van der Waals surface area contributed by atoms with Crippen LogP contribution in [0.1, 0.15) is 45.4 Å². The molecule has 1 heterocycles. The number of hydrogen-bond donors (Lipinski definition) is 2. The van der Waals surface area contributed by atoms with E-state index in [0.717, 1.165) is 27.8 Å². The molecule has 3 aromatic rings. The number of hydrogen-bond acceptors (Lipinski definition) is 2. The molecule has 0 radical (unpaired) electrons. The molecule has 3 aromatic carbocycles. The summed E-state index contributed by atoms with van der Waals surface area (Å²) in [5, 5.41) is 6.84. The highest BCUT2D eigenvalue weighted by Gasteiger charge is 2.37. The minimum atomic E-state index is -0.0666. The molecule has 150 valence electrons. The molecule has 1 amide bonds. The van der Waals surface area contributed by atoms with Crippen LogP contribution in [0.2, 0.25) is 0 Å². The van der Waals surface area contributed by atoms with E-state index in [4.69, 9.17) is 0 Å². The van der Waals surface area contributed by atoms with Crippen LogP contribution in [0.5, 0.6) is 0 Å². The van der Waals surface area contributed by atoms with Gasteiger partial charge in [0.05, 0.1) is 6.04 Å². The standard InChI is InChI=1S/C26H23BrN2O/c1-16-5-2-3-6-20(16)26(30)28-19-13-14-24-23(15-19)21-7-4-8-22(21)25(29-24)17-9-11-18(27)12-10-17/h2-7,9-15,21-22,25,29H,8H2,1H3,(H,28,30). The maximum absolute atomic E-state index is 12.8. The number of nitrogens with one attached hydrogen (secondary N) is 2. The fourth-order valence-corrected chi connectivity index (χ4v) is 4.96. The first-order valence-corrected chi connectivity index (χ1v) is 11.1. The number of carbonyl (C=O) groups excluding carboxylic acids is 1. The summed E-state index contributed by atoms with van der Waals surface area (Å²) in [6.07, 6.45) is 5.66. The molecule has 2 aliphatic rings. The van der Waals surface area contributed by atoms with E-state index in [1.165, 1.54) is 11.1 Å². The van der Waals surface area contributed by atoms with Gasteiger partial charge in [0.2, 0.25) is 0 Å². The zero-order valence-corrected chi connectivity index (χ0v) is 18.3. The van der Waals surface area contributed by atoms with Crippen LogP contribution >= 0.6 is 15.9 Å². The number of anilines is 2. The molecule has 0 bridgehead atoms. The van der Waals surface area contributed by atoms with Gasteiger partial charge in [-0.05, 0) is 72.4 Å². The van der Waals surface area contributed by atoms with Crippen LogP contribution in [0.15, 0.2) is 83.4 Å². The third kappa shape index (κ3) is 3.46. The molecule has 3 nitrogen and oxygen atoms in total. The highest BCUT2D eigenvalue weighted by Crippen LogP contribution is 2.50. The molecular weight excluding hydrogens is 436 g/mol. The number of allylic oxidation sites excluding steroid dienone is 2. The Morgan fingerprint density at radius 3 is 2.67 bits per heavy atom. The third-order valence-corrected chi connectivity index (χ3v) is 6.77. The van der Waals surface area contributed by atoms with Crippen LogP contribution in [0.4, 0.5) is 11.4 Å². The second kappa shape index (κ2) is 7.77. The fraction of sp³-hybridized carbons (Fsp3) is 0.192. The number of fused-ring (bicyclic) bond motifs is 3. The second-order valence-corrected chi connectivity index (χ2v) is 9.01. The van der Waals surface area contributed by atoms with E-state index in [2.05, 4.69) is 75.1 Å². The average molecular weight is 459 g/mol. The van der Waals surface area contributed by atoms with E-state index in [-0.39, 0.29) is 11.9 Å². The quantitative estimate of drug-likeness (QED) is 0.421. The Labute approximate surface area is 185 Å². The van der Waals surface area contributed by atoms with Gasteiger partial charge in [0, 0.05) is 27.3 Å². The van der Waals surface area contributed by atoms with Crippen LogP contribution < -0.4 is 10.6 Å². The Hall–Kier alpha value is -2.85. The molecule has 0 aromatic heterocycles. The van der Waals surface area contributed by atoms with E-state index in [1.807, 2.05) is 37.3 Å². The highest BCUT2D eigenvalue weighted by atomic mass is 79.9. The van der Waals surface area contributed by atoms with Crippen molar-refractivity contribution < 1.29 is 4.79 Å².